The molecule has 6 nitrogen and oxygen atoms in total. The number of alkyl halides is 3. The van der Waals surface area contributed by atoms with Gasteiger partial charge in [-0.05, 0) is 68.0 Å². The highest BCUT2D eigenvalue weighted by atomic mass is 19.4. The Morgan fingerprint density at radius 2 is 1.82 bits per heavy atom. The highest BCUT2D eigenvalue weighted by molar-refractivity contribution is 5.71. The summed E-state index contributed by atoms with van der Waals surface area (Å²) in [6.07, 6.45) is 3.34. The molecular formula is C24H25F3N4O2. The van der Waals surface area contributed by atoms with E-state index in [1.165, 1.54) is 18.3 Å². The summed E-state index contributed by atoms with van der Waals surface area (Å²) in [5.74, 6) is 0.411. The van der Waals surface area contributed by atoms with Gasteiger partial charge in [0.2, 0.25) is 0 Å². The SMILES string of the molecule is Cc1ccc(OC(=O)N2CCC(N3C=C(c4ccc(C(F)(F)F)cc4)CCC=N3)CC2)cn1. The first-order valence-electron chi connectivity index (χ1n) is 10.9. The Balaban J connectivity index is 1.38. The molecule has 2 aliphatic heterocycles. The number of ether oxygens (including phenoxy) is 1. The van der Waals surface area contributed by atoms with Crippen LogP contribution in [0.4, 0.5) is 18.0 Å². The molecule has 1 aromatic heterocycles. The number of pyridine rings is 1. The maximum Gasteiger partial charge on any atom is 0.416 e. The molecule has 9 heteroatoms. The highest BCUT2D eigenvalue weighted by Gasteiger charge is 2.30. The van der Waals surface area contributed by atoms with Crippen molar-refractivity contribution in [1.29, 1.82) is 0 Å². The highest BCUT2D eigenvalue weighted by Crippen LogP contribution is 2.32. The smallest absolute Gasteiger partial charge is 0.409 e. The van der Waals surface area contributed by atoms with Crippen molar-refractivity contribution in [2.45, 2.75) is 44.8 Å². The average Bonchev–Trinajstić information content (AvgIpc) is 3.07. The summed E-state index contributed by atoms with van der Waals surface area (Å²) < 4.78 is 44.0. The molecule has 1 aromatic carbocycles. The van der Waals surface area contributed by atoms with Crippen LogP contribution < -0.4 is 4.74 Å². The Bertz CT molecular complexity index is 1030. The number of allylic oxidation sites excluding steroid dienone is 1. The Hall–Kier alpha value is -3.36. The zero-order valence-electron chi connectivity index (χ0n) is 18.3. The Labute approximate surface area is 190 Å². The maximum absolute atomic E-state index is 12.9. The molecule has 2 aliphatic rings. The second-order valence-electron chi connectivity index (χ2n) is 8.17. The minimum absolute atomic E-state index is 0.0916. The van der Waals surface area contributed by atoms with Gasteiger partial charge in [-0.15, -0.1) is 0 Å². The van der Waals surface area contributed by atoms with E-state index in [1.807, 2.05) is 24.3 Å². The number of carbonyl (C=O) groups is 1. The number of aromatic nitrogens is 1. The lowest BCUT2D eigenvalue weighted by molar-refractivity contribution is -0.137. The van der Waals surface area contributed by atoms with Crippen LogP contribution in [-0.2, 0) is 6.18 Å². The zero-order chi connectivity index (χ0) is 23.4. The van der Waals surface area contributed by atoms with Crippen LogP contribution in [0.5, 0.6) is 5.75 Å². The van der Waals surface area contributed by atoms with Crippen molar-refractivity contribution < 1.29 is 22.7 Å². The van der Waals surface area contributed by atoms with Gasteiger partial charge in [0, 0.05) is 31.2 Å². The van der Waals surface area contributed by atoms with Crippen molar-refractivity contribution in [3.8, 4) is 5.75 Å². The number of halogens is 3. The summed E-state index contributed by atoms with van der Waals surface area (Å²) >= 11 is 0. The second-order valence-corrected chi connectivity index (χ2v) is 8.17. The monoisotopic (exact) mass is 458 g/mol. The number of hydrazone groups is 1. The third kappa shape index (κ3) is 5.71. The van der Waals surface area contributed by atoms with Gasteiger partial charge < -0.3 is 9.64 Å². The number of carbonyl (C=O) groups excluding carboxylic acids is 1. The summed E-state index contributed by atoms with van der Waals surface area (Å²) in [4.78, 5) is 18.3. The molecule has 174 valence electrons. The maximum atomic E-state index is 12.9. The van der Waals surface area contributed by atoms with Crippen LogP contribution in [0.1, 0.15) is 42.5 Å². The molecule has 2 aromatic rings. The number of likely N-dealkylation sites (tertiary alicyclic amines) is 1. The van der Waals surface area contributed by atoms with E-state index in [2.05, 4.69) is 10.1 Å². The van der Waals surface area contributed by atoms with Crippen molar-refractivity contribution in [3.63, 3.8) is 0 Å². The molecule has 4 rings (SSSR count). The first-order chi connectivity index (χ1) is 15.8. The number of hydrogen-bond acceptors (Lipinski definition) is 5. The van der Waals surface area contributed by atoms with E-state index < -0.39 is 17.8 Å². The van der Waals surface area contributed by atoms with Crippen molar-refractivity contribution >= 4 is 17.9 Å². The molecule has 0 saturated carbocycles. The van der Waals surface area contributed by atoms with E-state index in [-0.39, 0.29) is 6.04 Å². The molecule has 0 spiro atoms. The standard InChI is InChI=1S/C24H25F3N4O2/c1-17-4-9-22(15-28-17)33-23(32)30-13-10-21(11-14-30)31-16-19(3-2-12-29-31)18-5-7-20(8-6-18)24(25,26)27/h4-9,12,15-16,21H,2-3,10-11,13-14H2,1H3. The lowest BCUT2D eigenvalue weighted by Crippen LogP contribution is -2.45. The molecule has 1 fully saturated rings. The topological polar surface area (TPSA) is 58.0 Å². The van der Waals surface area contributed by atoms with Gasteiger partial charge in [0.1, 0.15) is 0 Å². The fourth-order valence-electron chi connectivity index (χ4n) is 3.91. The fraction of sp³-hybridized carbons (Fsp3) is 0.375. The molecule has 1 amide bonds. The van der Waals surface area contributed by atoms with Gasteiger partial charge in [-0.2, -0.15) is 18.3 Å². The number of nitrogens with zero attached hydrogens (tertiary/aromatic N) is 4. The summed E-state index contributed by atoms with van der Waals surface area (Å²) in [5.41, 5.74) is 1.88. The molecule has 0 bridgehead atoms. The summed E-state index contributed by atoms with van der Waals surface area (Å²) in [6.45, 7) is 2.91. The molecule has 3 heterocycles. The number of aryl methyl sites for hydroxylation is 1. The van der Waals surface area contributed by atoms with E-state index in [0.717, 1.165) is 29.0 Å². The second kappa shape index (κ2) is 9.64. The van der Waals surface area contributed by atoms with Gasteiger partial charge in [-0.1, -0.05) is 12.1 Å². The molecule has 33 heavy (non-hydrogen) atoms. The van der Waals surface area contributed by atoms with Crippen LogP contribution in [0.25, 0.3) is 5.57 Å². The van der Waals surface area contributed by atoms with Gasteiger partial charge in [0.15, 0.2) is 5.75 Å². The Morgan fingerprint density at radius 3 is 2.45 bits per heavy atom. The molecular weight excluding hydrogens is 433 g/mol. The quantitative estimate of drug-likeness (QED) is 0.610. The van der Waals surface area contributed by atoms with Crippen molar-refractivity contribution in [2.75, 3.05) is 13.1 Å². The minimum atomic E-state index is -4.35. The van der Waals surface area contributed by atoms with Crippen LogP contribution in [0.3, 0.4) is 0 Å². The normalized spacial score (nSPS) is 17.5. The van der Waals surface area contributed by atoms with E-state index in [9.17, 15) is 18.0 Å². The van der Waals surface area contributed by atoms with Gasteiger partial charge in [-0.3, -0.25) is 9.99 Å². The van der Waals surface area contributed by atoms with Crippen LogP contribution in [0.2, 0.25) is 0 Å². The molecule has 1 saturated heterocycles. The molecule has 0 aliphatic carbocycles. The lowest BCUT2D eigenvalue weighted by Gasteiger charge is -2.35. The molecule has 0 radical (unpaired) electrons. The predicted octanol–water partition coefficient (Wildman–Crippen LogP) is 5.49. The van der Waals surface area contributed by atoms with Crippen molar-refractivity contribution in [2.24, 2.45) is 5.10 Å². The van der Waals surface area contributed by atoms with Crippen LogP contribution in [0, 0.1) is 6.92 Å². The number of amides is 1. The first-order valence-corrected chi connectivity index (χ1v) is 10.9. The largest absolute Gasteiger partial charge is 0.416 e. The third-order valence-electron chi connectivity index (χ3n) is 5.82. The number of hydrogen-bond donors (Lipinski definition) is 0. The Kier molecular flexibility index (Phi) is 6.67. The summed E-state index contributed by atoms with van der Waals surface area (Å²) in [5, 5.41) is 6.42. The molecule has 0 atom stereocenters. The van der Waals surface area contributed by atoms with Crippen molar-refractivity contribution in [3.05, 3.63) is 65.6 Å². The third-order valence-corrected chi connectivity index (χ3v) is 5.82. The zero-order valence-corrected chi connectivity index (χ0v) is 18.3. The van der Waals surface area contributed by atoms with E-state index >= 15 is 0 Å². The van der Waals surface area contributed by atoms with Crippen LogP contribution in [-0.4, -0.2) is 46.3 Å². The van der Waals surface area contributed by atoms with E-state index in [0.29, 0.717) is 44.5 Å². The number of benzene rings is 1. The van der Waals surface area contributed by atoms with Gasteiger partial charge in [0.05, 0.1) is 17.8 Å². The lowest BCUT2D eigenvalue weighted by atomic mass is 10.00. The van der Waals surface area contributed by atoms with E-state index in [1.54, 1.807) is 17.0 Å². The van der Waals surface area contributed by atoms with E-state index in [4.69, 9.17) is 4.74 Å². The Morgan fingerprint density at radius 1 is 1.09 bits per heavy atom. The number of rotatable bonds is 3. The minimum Gasteiger partial charge on any atom is -0.409 e. The predicted molar refractivity (Wildman–Crippen MR) is 119 cm³/mol. The van der Waals surface area contributed by atoms with Crippen LogP contribution >= 0.6 is 0 Å². The van der Waals surface area contributed by atoms with Crippen molar-refractivity contribution in [1.82, 2.24) is 14.9 Å². The summed E-state index contributed by atoms with van der Waals surface area (Å²) in [6, 6.07) is 8.83. The number of piperidine rings is 1. The average molecular weight is 458 g/mol. The molecule has 0 unspecified atom stereocenters. The van der Waals surface area contributed by atoms with Gasteiger partial charge in [-0.25, -0.2) is 4.79 Å². The fourth-order valence-corrected chi connectivity index (χ4v) is 3.91. The van der Waals surface area contributed by atoms with Gasteiger partial charge in [0.25, 0.3) is 0 Å². The van der Waals surface area contributed by atoms with Gasteiger partial charge >= 0.3 is 12.3 Å². The summed E-state index contributed by atoms with van der Waals surface area (Å²) in [7, 11) is 0. The first kappa shape index (κ1) is 22.8. The van der Waals surface area contributed by atoms with Crippen LogP contribution in [0.15, 0.2) is 53.9 Å². The molecule has 0 N–H and O–H groups in total.